The standard InChI is InChI=1S/C11H20N2O2S/c1-2-3-4-5-9-13-16(14,15)11-7-6-8-12-10-11/h1,11-13H,3-10H2. The number of rotatable bonds is 6. The first-order chi connectivity index (χ1) is 7.67. The second-order valence-corrected chi connectivity index (χ2v) is 6.11. The lowest BCUT2D eigenvalue weighted by molar-refractivity contribution is 0.489. The van der Waals surface area contributed by atoms with Crippen LogP contribution in [0.2, 0.25) is 0 Å². The molecular weight excluding hydrogens is 224 g/mol. The summed E-state index contributed by atoms with van der Waals surface area (Å²) >= 11 is 0. The fourth-order valence-electron chi connectivity index (χ4n) is 1.77. The molecule has 0 bridgehead atoms. The second-order valence-electron chi connectivity index (χ2n) is 4.07. The highest BCUT2D eigenvalue weighted by atomic mass is 32.2. The maximum atomic E-state index is 11.8. The van der Waals surface area contributed by atoms with Gasteiger partial charge in [0, 0.05) is 19.5 Å². The van der Waals surface area contributed by atoms with E-state index in [4.69, 9.17) is 6.42 Å². The molecule has 1 unspecified atom stereocenters. The van der Waals surface area contributed by atoms with E-state index in [1.807, 2.05) is 0 Å². The molecule has 2 N–H and O–H groups in total. The predicted octanol–water partition coefficient (Wildman–Crippen LogP) is 0.461. The van der Waals surface area contributed by atoms with Gasteiger partial charge in [0.05, 0.1) is 5.25 Å². The molecule has 4 nitrogen and oxygen atoms in total. The van der Waals surface area contributed by atoms with Crippen molar-refractivity contribution in [1.29, 1.82) is 0 Å². The smallest absolute Gasteiger partial charge is 0.215 e. The highest BCUT2D eigenvalue weighted by Crippen LogP contribution is 2.10. The van der Waals surface area contributed by atoms with Gasteiger partial charge in [0.2, 0.25) is 10.0 Å². The molecule has 1 atom stereocenters. The summed E-state index contributed by atoms with van der Waals surface area (Å²) in [5, 5.41) is 2.84. The first kappa shape index (κ1) is 13.5. The molecule has 1 aliphatic rings. The lowest BCUT2D eigenvalue weighted by atomic mass is 10.2. The number of nitrogens with one attached hydrogen (secondary N) is 2. The Morgan fingerprint density at radius 2 is 2.25 bits per heavy atom. The van der Waals surface area contributed by atoms with Gasteiger partial charge >= 0.3 is 0 Å². The van der Waals surface area contributed by atoms with Crippen molar-refractivity contribution in [1.82, 2.24) is 10.0 Å². The van der Waals surface area contributed by atoms with Crippen molar-refractivity contribution in [3.63, 3.8) is 0 Å². The molecule has 0 spiro atoms. The number of hydrogen-bond donors (Lipinski definition) is 2. The molecule has 0 aromatic rings. The van der Waals surface area contributed by atoms with Gasteiger partial charge in [-0.25, -0.2) is 13.1 Å². The van der Waals surface area contributed by atoms with E-state index in [2.05, 4.69) is 16.0 Å². The van der Waals surface area contributed by atoms with E-state index in [-0.39, 0.29) is 5.25 Å². The number of unbranched alkanes of at least 4 members (excludes halogenated alkanes) is 2. The minimum atomic E-state index is -3.13. The summed E-state index contributed by atoms with van der Waals surface area (Å²) in [4.78, 5) is 0. The van der Waals surface area contributed by atoms with Gasteiger partial charge in [0.1, 0.15) is 0 Å². The van der Waals surface area contributed by atoms with Crippen molar-refractivity contribution in [2.75, 3.05) is 19.6 Å². The molecule has 5 heteroatoms. The van der Waals surface area contributed by atoms with Gasteiger partial charge in [-0.2, -0.15) is 0 Å². The van der Waals surface area contributed by atoms with E-state index in [9.17, 15) is 8.42 Å². The molecular formula is C11H20N2O2S. The zero-order valence-electron chi connectivity index (χ0n) is 9.54. The van der Waals surface area contributed by atoms with E-state index in [0.29, 0.717) is 19.5 Å². The fourth-order valence-corrected chi connectivity index (χ4v) is 3.25. The minimum Gasteiger partial charge on any atom is -0.315 e. The van der Waals surface area contributed by atoms with E-state index in [0.717, 1.165) is 32.2 Å². The Hall–Kier alpha value is -0.570. The SMILES string of the molecule is C#CCCCCNS(=O)(=O)C1CCCNC1. The first-order valence-electron chi connectivity index (χ1n) is 5.79. The molecule has 0 aliphatic carbocycles. The van der Waals surface area contributed by atoms with Gasteiger partial charge in [-0.3, -0.25) is 0 Å². The summed E-state index contributed by atoms with van der Waals surface area (Å²) < 4.78 is 26.3. The fraction of sp³-hybridized carbons (Fsp3) is 0.818. The van der Waals surface area contributed by atoms with Crippen molar-refractivity contribution in [3.05, 3.63) is 0 Å². The predicted molar refractivity (Wildman–Crippen MR) is 65.5 cm³/mol. The Bertz CT molecular complexity index is 326. The van der Waals surface area contributed by atoms with Crippen LogP contribution in [0.3, 0.4) is 0 Å². The van der Waals surface area contributed by atoms with Crippen molar-refractivity contribution < 1.29 is 8.42 Å². The first-order valence-corrected chi connectivity index (χ1v) is 7.34. The Balaban J connectivity index is 2.25. The molecule has 1 aliphatic heterocycles. The molecule has 1 fully saturated rings. The Kier molecular flexibility index (Phi) is 5.81. The van der Waals surface area contributed by atoms with Gasteiger partial charge in [-0.15, -0.1) is 12.3 Å². The van der Waals surface area contributed by atoms with Crippen LogP contribution in [-0.4, -0.2) is 33.3 Å². The molecule has 0 saturated carbocycles. The summed E-state index contributed by atoms with van der Waals surface area (Å²) in [5.41, 5.74) is 0. The summed E-state index contributed by atoms with van der Waals surface area (Å²) in [5.74, 6) is 2.54. The quantitative estimate of drug-likeness (QED) is 0.527. The van der Waals surface area contributed by atoms with Crippen LogP contribution < -0.4 is 10.0 Å². The molecule has 1 saturated heterocycles. The number of hydrogen-bond acceptors (Lipinski definition) is 3. The van der Waals surface area contributed by atoms with Crippen LogP contribution in [0.1, 0.15) is 32.1 Å². The second kappa shape index (κ2) is 6.89. The van der Waals surface area contributed by atoms with Gasteiger partial charge < -0.3 is 5.32 Å². The van der Waals surface area contributed by atoms with Crippen LogP contribution in [0.25, 0.3) is 0 Å². The highest BCUT2D eigenvalue weighted by Gasteiger charge is 2.26. The van der Waals surface area contributed by atoms with Crippen molar-refractivity contribution >= 4 is 10.0 Å². The average Bonchev–Trinajstić information content (AvgIpc) is 2.30. The van der Waals surface area contributed by atoms with Gasteiger partial charge in [0.25, 0.3) is 0 Å². The van der Waals surface area contributed by atoms with E-state index < -0.39 is 10.0 Å². The van der Waals surface area contributed by atoms with Crippen molar-refractivity contribution in [2.45, 2.75) is 37.4 Å². The van der Waals surface area contributed by atoms with Gasteiger partial charge in [-0.1, -0.05) is 0 Å². The molecule has 0 aromatic carbocycles. The summed E-state index contributed by atoms with van der Waals surface area (Å²) in [6.07, 6.45) is 9.21. The van der Waals surface area contributed by atoms with Crippen LogP contribution >= 0.6 is 0 Å². The highest BCUT2D eigenvalue weighted by molar-refractivity contribution is 7.90. The maximum Gasteiger partial charge on any atom is 0.215 e. The third kappa shape index (κ3) is 4.52. The molecule has 0 amide bonds. The number of sulfonamides is 1. The number of terminal acetylenes is 1. The van der Waals surface area contributed by atoms with E-state index in [1.165, 1.54) is 0 Å². The minimum absolute atomic E-state index is 0.270. The summed E-state index contributed by atoms with van der Waals surface area (Å²) in [6, 6.07) is 0. The Morgan fingerprint density at radius 3 is 2.88 bits per heavy atom. The largest absolute Gasteiger partial charge is 0.315 e. The zero-order chi connectivity index (χ0) is 11.9. The summed E-state index contributed by atoms with van der Waals surface area (Å²) in [6.45, 7) is 1.99. The van der Waals surface area contributed by atoms with Crippen LogP contribution in [-0.2, 0) is 10.0 Å². The molecule has 0 radical (unpaired) electrons. The molecule has 16 heavy (non-hydrogen) atoms. The monoisotopic (exact) mass is 244 g/mol. The average molecular weight is 244 g/mol. The van der Waals surface area contributed by atoms with E-state index >= 15 is 0 Å². The molecule has 1 rings (SSSR count). The normalized spacial score (nSPS) is 21.6. The topological polar surface area (TPSA) is 58.2 Å². The number of piperidine rings is 1. The maximum absolute atomic E-state index is 11.8. The molecule has 92 valence electrons. The van der Waals surface area contributed by atoms with Gasteiger partial charge in [0.15, 0.2) is 0 Å². The Morgan fingerprint density at radius 1 is 1.44 bits per heavy atom. The van der Waals surface area contributed by atoms with Crippen LogP contribution in [0.5, 0.6) is 0 Å². The van der Waals surface area contributed by atoms with Crippen LogP contribution in [0.4, 0.5) is 0 Å². The van der Waals surface area contributed by atoms with Crippen molar-refractivity contribution in [3.8, 4) is 12.3 Å². The van der Waals surface area contributed by atoms with E-state index in [1.54, 1.807) is 0 Å². The van der Waals surface area contributed by atoms with Gasteiger partial charge in [-0.05, 0) is 32.2 Å². The molecule has 0 aromatic heterocycles. The van der Waals surface area contributed by atoms with Crippen molar-refractivity contribution in [2.24, 2.45) is 0 Å². The lowest BCUT2D eigenvalue weighted by Gasteiger charge is -2.22. The summed E-state index contributed by atoms with van der Waals surface area (Å²) in [7, 11) is -3.13. The molecule has 1 heterocycles. The van der Waals surface area contributed by atoms with Crippen LogP contribution in [0, 0.1) is 12.3 Å². The third-order valence-corrected chi connectivity index (χ3v) is 4.63. The lowest BCUT2D eigenvalue weighted by Crippen LogP contribution is -2.44. The third-order valence-electron chi connectivity index (χ3n) is 2.74. The zero-order valence-corrected chi connectivity index (χ0v) is 10.4. The Labute approximate surface area is 98.2 Å². The van der Waals surface area contributed by atoms with Crippen LogP contribution in [0.15, 0.2) is 0 Å².